The average Bonchev–Trinajstić information content (AvgIpc) is 2.38. The first kappa shape index (κ1) is 14.2. The molecule has 0 unspecified atom stereocenters. The van der Waals surface area contributed by atoms with Gasteiger partial charge in [-0.2, -0.15) is 0 Å². The maximum atomic E-state index is 13.6. The third kappa shape index (κ3) is 2.21. The molecule has 0 saturated carbocycles. The minimum atomic E-state index is -0.733. The third-order valence-corrected chi connectivity index (χ3v) is 2.61. The predicted octanol–water partition coefficient (Wildman–Crippen LogP) is 4.80. The highest BCUT2D eigenvalue weighted by Crippen LogP contribution is 2.32. The van der Waals surface area contributed by atoms with Crippen molar-refractivity contribution in [1.82, 2.24) is 0 Å². The van der Waals surface area contributed by atoms with Crippen molar-refractivity contribution < 1.29 is 13.9 Å². The lowest BCUT2D eigenvalue weighted by atomic mass is 9.98. The minimum absolute atomic E-state index is 0.203. The second kappa shape index (κ2) is 5.63. The third-order valence-electron chi connectivity index (χ3n) is 2.61. The van der Waals surface area contributed by atoms with E-state index in [4.69, 9.17) is 0 Å². The Hall–Kier alpha value is -1.90. The molecule has 0 saturated heterocycles. The molecule has 0 atom stereocenters. The van der Waals surface area contributed by atoms with Crippen molar-refractivity contribution in [3.8, 4) is 5.75 Å². The summed E-state index contributed by atoms with van der Waals surface area (Å²) in [7, 11) is 0. The van der Waals surface area contributed by atoms with Crippen molar-refractivity contribution in [1.29, 1.82) is 0 Å². The van der Waals surface area contributed by atoms with Crippen LogP contribution in [0, 0.1) is 18.6 Å². The largest absolute Gasteiger partial charge is 0.505 e. The van der Waals surface area contributed by atoms with Gasteiger partial charge in [-0.3, -0.25) is 0 Å². The maximum Gasteiger partial charge on any atom is 0.172 e. The Labute approximate surface area is 105 Å². The summed E-state index contributed by atoms with van der Waals surface area (Å²) in [5.41, 5.74) is 0.872. The number of halogens is 2. The smallest absolute Gasteiger partial charge is 0.172 e. The van der Waals surface area contributed by atoms with E-state index in [9.17, 15) is 13.9 Å². The second-order valence-electron chi connectivity index (χ2n) is 3.61. The molecule has 0 aliphatic heterocycles. The summed E-state index contributed by atoms with van der Waals surface area (Å²) in [4.78, 5) is 0. The molecule has 0 bridgehead atoms. The summed E-state index contributed by atoms with van der Waals surface area (Å²) in [6.07, 6.45) is 1.35. The van der Waals surface area contributed by atoms with E-state index in [1.54, 1.807) is 6.92 Å². The Morgan fingerprint density at radius 2 is 1.83 bits per heavy atom. The summed E-state index contributed by atoms with van der Waals surface area (Å²) < 4.78 is 27.1. The Bertz CT molecular complexity index is 589. The van der Waals surface area contributed by atoms with Gasteiger partial charge in [0.25, 0.3) is 0 Å². The van der Waals surface area contributed by atoms with Gasteiger partial charge in [0.2, 0.25) is 0 Å². The molecule has 2 rings (SSSR count). The number of rotatable bonds is 1. The van der Waals surface area contributed by atoms with Crippen LogP contribution in [0.4, 0.5) is 8.78 Å². The van der Waals surface area contributed by atoms with E-state index < -0.39 is 17.4 Å². The van der Waals surface area contributed by atoms with Crippen molar-refractivity contribution in [2.45, 2.75) is 20.8 Å². The van der Waals surface area contributed by atoms with Crippen molar-refractivity contribution in [3.05, 3.63) is 47.5 Å². The Morgan fingerprint density at radius 3 is 2.39 bits per heavy atom. The molecule has 2 aromatic rings. The summed E-state index contributed by atoms with van der Waals surface area (Å²) in [5, 5.41) is 9.99. The number of fused-ring (bicyclic) bond motifs is 1. The number of hydrogen-bond acceptors (Lipinski definition) is 1. The van der Waals surface area contributed by atoms with Crippen LogP contribution < -0.4 is 0 Å². The number of phenolic OH excluding ortho intramolecular Hbond substituents is 1. The van der Waals surface area contributed by atoms with Gasteiger partial charge in [0, 0.05) is 10.9 Å². The highest BCUT2D eigenvalue weighted by Gasteiger charge is 2.13. The molecule has 2 aromatic carbocycles. The fraction of sp³-hybridized carbons (Fsp3) is 0.200. The van der Waals surface area contributed by atoms with Gasteiger partial charge in [0.15, 0.2) is 11.6 Å². The zero-order chi connectivity index (χ0) is 13.9. The number of benzene rings is 2. The standard InChI is InChI=1S/C13H10F2O.C2H6/c1-3-8-10(14)5-4-9-12(8)7(2)6-11(16)13(9)15;1-2/h3-6,16H,1H2,2H3;1-2H3. The van der Waals surface area contributed by atoms with Crippen LogP contribution >= 0.6 is 0 Å². The first-order chi connectivity index (χ1) is 8.56. The Balaban J connectivity index is 0.000000771. The van der Waals surface area contributed by atoms with Gasteiger partial charge in [-0.25, -0.2) is 8.78 Å². The predicted molar refractivity (Wildman–Crippen MR) is 71.7 cm³/mol. The summed E-state index contributed by atoms with van der Waals surface area (Å²) in [6.45, 7) is 9.20. The van der Waals surface area contributed by atoms with Gasteiger partial charge < -0.3 is 5.11 Å². The fourth-order valence-electron chi connectivity index (χ4n) is 1.88. The van der Waals surface area contributed by atoms with Gasteiger partial charge in [-0.15, -0.1) is 0 Å². The Morgan fingerprint density at radius 1 is 1.22 bits per heavy atom. The van der Waals surface area contributed by atoms with E-state index in [-0.39, 0.29) is 10.9 Å². The van der Waals surface area contributed by atoms with Crippen LogP contribution in [0.25, 0.3) is 16.8 Å². The van der Waals surface area contributed by atoms with Gasteiger partial charge in [0.1, 0.15) is 5.82 Å². The van der Waals surface area contributed by atoms with Gasteiger partial charge in [0.05, 0.1) is 0 Å². The molecule has 1 nitrogen and oxygen atoms in total. The van der Waals surface area contributed by atoms with Crippen LogP contribution in [-0.4, -0.2) is 5.11 Å². The monoisotopic (exact) mass is 250 g/mol. The molecule has 18 heavy (non-hydrogen) atoms. The quantitative estimate of drug-likeness (QED) is 0.770. The van der Waals surface area contributed by atoms with E-state index in [0.717, 1.165) is 0 Å². The number of hydrogen-bond donors (Lipinski definition) is 1. The molecule has 0 radical (unpaired) electrons. The SMILES string of the molecule is C=Cc1c(F)ccc2c(F)c(O)cc(C)c12.CC. The van der Waals surface area contributed by atoms with Crippen LogP contribution in [0.1, 0.15) is 25.0 Å². The average molecular weight is 250 g/mol. The topological polar surface area (TPSA) is 20.2 Å². The highest BCUT2D eigenvalue weighted by atomic mass is 19.1. The van der Waals surface area contributed by atoms with Gasteiger partial charge >= 0.3 is 0 Å². The van der Waals surface area contributed by atoms with Crippen molar-refractivity contribution in [2.24, 2.45) is 0 Å². The molecule has 0 spiro atoms. The molecule has 1 N–H and O–H groups in total. The van der Waals surface area contributed by atoms with Crippen molar-refractivity contribution >= 4 is 16.8 Å². The molecule has 0 fully saturated rings. The lowest BCUT2D eigenvalue weighted by Crippen LogP contribution is -1.91. The first-order valence-electron chi connectivity index (χ1n) is 5.79. The van der Waals surface area contributed by atoms with E-state index in [2.05, 4.69) is 6.58 Å². The molecule has 96 valence electrons. The molecular formula is C15H16F2O. The first-order valence-corrected chi connectivity index (χ1v) is 5.79. The zero-order valence-corrected chi connectivity index (χ0v) is 10.7. The molecule has 0 aromatic heterocycles. The van der Waals surface area contributed by atoms with Gasteiger partial charge in [-0.05, 0) is 36.1 Å². The molecular weight excluding hydrogens is 234 g/mol. The minimum Gasteiger partial charge on any atom is -0.505 e. The van der Waals surface area contributed by atoms with Crippen molar-refractivity contribution in [3.63, 3.8) is 0 Å². The summed E-state index contributed by atoms with van der Waals surface area (Å²) in [5.74, 6) is -1.61. The van der Waals surface area contributed by atoms with Crippen LogP contribution in [0.5, 0.6) is 5.75 Å². The molecule has 0 aliphatic carbocycles. The van der Waals surface area contributed by atoms with Crippen LogP contribution in [0.15, 0.2) is 24.8 Å². The number of aryl methyl sites for hydroxylation is 1. The van der Waals surface area contributed by atoms with Crippen molar-refractivity contribution in [2.75, 3.05) is 0 Å². The lowest BCUT2D eigenvalue weighted by molar-refractivity contribution is 0.435. The number of aromatic hydroxyl groups is 1. The number of phenols is 1. The fourth-order valence-corrected chi connectivity index (χ4v) is 1.88. The zero-order valence-electron chi connectivity index (χ0n) is 10.7. The van der Waals surface area contributed by atoms with E-state index in [0.29, 0.717) is 10.9 Å². The molecule has 0 amide bonds. The highest BCUT2D eigenvalue weighted by molar-refractivity contribution is 5.94. The van der Waals surface area contributed by atoms with E-state index >= 15 is 0 Å². The van der Waals surface area contributed by atoms with Gasteiger partial charge in [-0.1, -0.05) is 26.5 Å². The normalized spacial score (nSPS) is 9.83. The van der Waals surface area contributed by atoms with Crippen LogP contribution in [-0.2, 0) is 0 Å². The summed E-state index contributed by atoms with van der Waals surface area (Å²) >= 11 is 0. The lowest BCUT2D eigenvalue weighted by Gasteiger charge is -2.09. The summed E-state index contributed by atoms with van der Waals surface area (Å²) in [6, 6.07) is 3.77. The Kier molecular flexibility index (Phi) is 4.43. The second-order valence-corrected chi connectivity index (χ2v) is 3.61. The van der Waals surface area contributed by atoms with Crippen LogP contribution in [0.2, 0.25) is 0 Å². The molecule has 0 heterocycles. The maximum absolute atomic E-state index is 13.6. The molecule has 3 heteroatoms. The van der Waals surface area contributed by atoms with E-state index in [1.807, 2.05) is 13.8 Å². The van der Waals surface area contributed by atoms with E-state index in [1.165, 1.54) is 24.3 Å². The molecule has 0 aliphatic rings. The van der Waals surface area contributed by atoms with Crippen LogP contribution in [0.3, 0.4) is 0 Å².